The summed E-state index contributed by atoms with van der Waals surface area (Å²) in [5.41, 5.74) is 3.52. The van der Waals surface area contributed by atoms with Gasteiger partial charge in [-0.1, -0.05) is 6.07 Å². The normalized spacial score (nSPS) is 20.9. The number of methoxy groups -OCH3 is 1. The second-order valence-electron chi connectivity index (χ2n) is 7.67. The second kappa shape index (κ2) is 8.63. The number of benzene rings is 2. The first-order valence-corrected chi connectivity index (χ1v) is 10.1. The van der Waals surface area contributed by atoms with Gasteiger partial charge < -0.3 is 24.6 Å². The number of carbonyl (C=O) groups is 1. The molecule has 0 unspecified atom stereocenters. The molecule has 3 N–H and O–H groups in total. The van der Waals surface area contributed by atoms with Crippen molar-refractivity contribution in [1.29, 1.82) is 0 Å². The number of anilines is 1. The Kier molecular flexibility index (Phi) is 5.78. The van der Waals surface area contributed by atoms with Gasteiger partial charge in [0.05, 0.1) is 13.7 Å². The molecule has 4 rings (SSSR count). The van der Waals surface area contributed by atoms with E-state index in [9.17, 15) is 4.79 Å². The summed E-state index contributed by atoms with van der Waals surface area (Å²) < 4.78 is 10.8. The Morgan fingerprint density at radius 2 is 1.93 bits per heavy atom. The van der Waals surface area contributed by atoms with Gasteiger partial charge in [0, 0.05) is 23.7 Å². The number of quaternary nitrogens is 2. The molecule has 2 aliphatic heterocycles. The lowest BCUT2D eigenvalue weighted by atomic mass is 10.1. The first-order valence-electron chi connectivity index (χ1n) is 10.1. The molecule has 0 radical (unpaired) electrons. The maximum atomic E-state index is 12.4. The third kappa shape index (κ3) is 4.64. The van der Waals surface area contributed by atoms with E-state index in [1.165, 1.54) is 16.0 Å². The minimum absolute atomic E-state index is 0.0605. The average molecular weight is 383 g/mol. The Labute approximate surface area is 166 Å². The summed E-state index contributed by atoms with van der Waals surface area (Å²) in [6.07, 6.45) is 1.03. The number of hydrogen-bond acceptors (Lipinski definition) is 3. The Morgan fingerprint density at radius 1 is 1.11 bits per heavy atom. The van der Waals surface area contributed by atoms with Crippen molar-refractivity contribution in [3.05, 3.63) is 53.6 Å². The maximum Gasteiger partial charge on any atom is 0.279 e. The Morgan fingerprint density at radius 3 is 2.75 bits per heavy atom. The molecule has 28 heavy (non-hydrogen) atoms. The van der Waals surface area contributed by atoms with Crippen LogP contribution in [0.2, 0.25) is 0 Å². The van der Waals surface area contributed by atoms with Crippen LogP contribution in [0.15, 0.2) is 42.5 Å². The first-order chi connectivity index (χ1) is 13.7. The topological polar surface area (TPSA) is 56.4 Å². The molecule has 2 aromatic carbocycles. The van der Waals surface area contributed by atoms with Gasteiger partial charge >= 0.3 is 0 Å². The van der Waals surface area contributed by atoms with Crippen molar-refractivity contribution in [3.63, 3.8) is 0 Å². The lowest BCUT2D eigenvalue weighted by Gasteiger charge is -2.29. The minimum Gasteiger partial charge on any atom is -0.497 e. The summed E-state index contributed by atoms with van der Waals surface area (Å²) in [7, 11) is 1.63. The zero-order chi connectivity index (χ0) is 19.3. The number of amides is 1. The fraction of sp³-hybridized carbons (Fsp3) is 0.409. The van der Waals surface area contributed by atoms with Gasteiger partial charge in [0.15, 0.2) is 6.54 Å². The molecule has 1 fully saturated rings. The van der Waals surface area contributed by atoms with E-state index in [-0.39, 0.29) is 5.91 Å². The molecule has 0 spiro atoms. The van der Waals surface area contributed by atoms with Gasteiger partial charge in [0.1, 0.15) is 44.2 Å². The molecule has 0 bridgehead atoms. The van der Waals surface area contributed by atoms with Crippen LogP contribution in [-0.2, 0) is 17.8 Å². The van der Waals surface area contributed by atoms with Crippen LogP contribution < -0.4 is 24.6 Å². The van der Waals surface area contributed by atoms with Crippen LogP contribution in [0.3, 0.4) is 0 Å². The van der Waals surface area contributed by atoms with Gasteiger partial charge in [-0.15, -0.1) is 0 Å². The van der Waals surface area contributed by atoms with Crippen LogP contribution >= 0.6 is 0 Å². The first kappa shape index (κ1) is 18.8. The Bertz CT molecular complexity index is 832. The van der Waals surface area contributed by atoms with E-state index in [2.05, 4.69) is 23.5 Å². The van der Waals surface area contributed by atoms with E-state index in [4.69, 9.17) is 9.47 Å². The SMILES string of the molecule is COc1cccc(NC(=O)C[NH+]2CC[NH+](Cc3ccc4c(c3)CCO4)CC2)c1. The van der Waals surface area contributed by atoms with Crippen LogP contribution in [0, 0.1) is 0 Å². The summed E-state index contributed by atoms with van der Waals surface area (Å²) in [6, 6.07) is 14.1. The number of rotatable bonds is 6. The Balaban J connectivity index is 1.23. The lowest BCUT2D eigenvalue weighted by Crippen LogP contribution is -3.28. The van der Waals surface area contributed by atoms with Gasteiger partial charge in [0.25, 0.3) is 5.91 Å². The monoisotopic (exact) mass is 383 g/mol. The van der Waals surface area contributed by atoms with E-state index in [0.717, 1.165) is 62.9 Å². The van der Waals surface area contributed by atoms with E-state index < -0.39 is 0 Å². The van der Waals surface area contributed by atoms with Gasteiger partial charge in [-0.05, 0) is 35.9 Å². The van der Waals surface area contributed by atoms with Crippen molar-refractivity contribution >= 4 is 11.6 Å². The van der Waals surface area contributed by atoms with Crippen molar-refractivity contribution in [2.75, 3.05) is 51.8 Å². The predicted molar refractivity (Wildman–Crippen MR) is 107 cm³/mol. The summed E-state index contributed by atoms with van der Waals surface area (Å²) in [6.45, 7) is 6.61. The third-order valence-electron chi connectivity index (χ3n) is 5.64. The van der Waals surface area contributed by atoms with Crippen LogP contribution in [-0.4, -0.2) is 52.3 Å². The lowest BCUT2D eigenvalue weighted by molar-refractivity contribution is -1.02. The predicted octanol–water partition coefficient (Wildman–Crippen LogP) is -0.448. The highest BCUT2D eigenvalue weighted by Gasteiger charge is 2.25. The fourth-order valence-electron chi connectivity index (χ4n) is 4.08. The molecular formula is C22H29N3O3+2. The van der Waals surface area contributed by atoms with Gasteiger partial charge in [-0.25, -0.2) is 0 Å². The number of carbonyl (C=O) groups excluding carboxylic acids is 1. The average Bonchev–Trinajstić information content (AvgIpc) is 3.17. The smallest absolute Gasteiger partial charge is 0.279 e. The van der Waals surface area contributed by atoms with Crippen LogP contribution in [0.5, 0.6) is 11.5 Å². The molecule has 0 aromatic heterocycles. The zero-order valence-electron chi connectivity index (χ0n) is 16.4. The van der Waals surface area contributed by atoms with Gasteiger partial charge in [-0.3, -0.25) is 4.79 Å². The third-order valence-corrected chi connectivity index (χ3v) is 5.64. The standard InChI is InChI=1S/C22H27N3O3/c1-27-20-4-2-3-19(14-20)23-22(26)16-25-10-8-24(9-11-25)15-17-5-6-21-18(13-17)7-12-28-21/h2-6,13-14H,7-12,15-16H2,1H3,(H,23,26)/p+2. The van der Waals surface area contributed by atoms with E-state index >= 15 is 0 Å². The Hall–Kier alpha value is -2.57. The summed E-state index contributed by atoms with van der Waals surface area (Å²) in [5.74, 6) is 1.86. The van der Waals surface area contributed by atoms with Gasteiger partial charge in [0.2, 0.25) is 0 Å². The van der Waals surface area contributed by atoms with Crippen LogP contribution in [0.4, 0.5) is 5.69 Å². The molecule has 6 heteroatoms. The van der Waals surface area contributed by atoms with Gasteiger partial charge in [-0.2, -0.15) is 0 Å². The second-order valence-corrected chi connectivity index (χ2v) is 7.67. The molecule has 0 saturated carbocycles. The zero-order valence-corrected chi connectivity index (χ0v) is 16.4. The summed E-state index contributed by atoms with van der Waals surface area (Å²) in [5, 5.41) is 2.98. The van der Waals surface area contributed by atoms with E-state index in [1.54, 1.807) is 12.0 Å². The van der Waals surface area contributed by atoms with Crippen molar-refractivity contribution < 1.29 is 24.1 Å². The quantitative estimate of drug-likeness (QED) is 0.634. The highest BCUT2D eigenvalue weighted by atomic mass is 16.5. The molecule has 0 aliphatic carbocycles. The molecule has 6 nitrogen and oxygen atoms in total. The number of nitrogens with one attached hydrogen (secondary N) is 3. The number of hydrogen-bond donors (Lipinski definition) is 3. The molecule has 2 aliphatic rings. The molecule has 148 valence electrons. The summed E-state index contributed by atoms with van der Waals surface area (Å²) >= 11 is 0. The van der Waals surface area contributed by atoms with Crippen molar-refractivity contribution in [2.24, 2.45) is 0 Å². The minimum atomic E-state index is 0.0605. The van der Waals surface area contributed by atoms with Crippen LogP contribution in [0.25, 0.3) is 0 Å². The fourth-order valence-corrected chi connectivity index (χ4v) is 4.08. The number of fused-ring (bicyclic) bond motifs is 1. The van der Waals surface area contributed by atoms with E-state index in [0.29, 0.717) is 6.54 Å². The van der Waals surface area contributed by atoms with Crippen molar-refractivity contribution in [2.45, 2.75) is 13.0 Å². The highest BCUT2D eigenvalue weighted by molar-refractivity contribution is 5.91. The van der Waals surface area contributed by atoms with E-state index in [1.807, 2.05) is 24.3 Å². The molecule has 1 saturated heterocycles. The maximum absolute atomic E-state index is 12.4. The molecule has 0 atom stereocenters. The van der Waals surface area contributed by atoms with Crippen molar-refractivity contribution in [1.82, 2.24) is 0 Å². The number of piperazine rings is 1. The highest BCUT2D eigenvalue weighted by Crippen LogP contribution is 2.25. The number of ether oxygens (including phenoxy) is 2. The summed E-state index contributed by atoms with van der Waals surface area (Å²) in [4.78, 5) is 15.3. The van der Waals surface area contributed by atoms with Crippen LogP contribution in [0.1, 0.15) is 11.1 Å². The molecule has 1 amide bonds. The van der Waals surface area contributed by atoms with Crippen molar-refractivity contribution in [3.8, 4) is 11.5 Å². The molecular weight excluding hydrogens is 354 g/mol. The molecule has 2 heterocycles. The largest absolute Gasteiger partial charge is 0.497 e. The molecule has 2 aromatic rings.